The lowest BCUT2D eigenvalue weighted by Gasteiger charge is -2.18. The molecular formula is C17H17N3O5S. The van der Waals surface area contributed by atoms with Crippen molar-refractivity contribution in [1.82, 2.24) is 4.31 Å². The first-order chi connectivity index (χ1) is 12.3. The number of rotatable bonds is 7. The zero-order valence-corrected chi connectivity index (χ0v) is 15.1. The van der Waals surface area contributed by atoms with E-state index in [9.17, 15) is 18.5 Å². The highest BCUT2D eigenvalue weighted by molar-refractivity contribution is 7.89. The number of benzene rings is 2. The third kappa shape index (κ3) is 3.99. The third-order valence-corrected chi connectivity index (χ3v) is 5.75. The Balaban J connectivity index is 2.28. The molecule has 0 aliphatic heterocycles. The van der Waals surface area contributed by atoms with Gasteiger partial charge in [-0.25, -0.2) is 8.42 Å². The van der Waals surface area contributed by atoms with Crippen LogP contribution in [0.5, 0.6) is 11.5 Å². The standard InChI is InChI=1S/C17H17N3O5S/c1-3-19(4-2)26(23,24)16-8-6-15(7-9-16)25-17-10-5-14(20(21)22)11-13(17)12-18/h5-11H,3-4H2,1-2H3. The van der Waals surface area contributed by atoms with Gasteiger partial charge in [0.1, 0.15) is 23.1 Å². The van der Waals surface area contributed by atoms with Gasteiger partial charge in [0.05, 0.1) is 9.82 Å². The molecule has 0 aromatic heterocycles. The molecule has 2 aromatic carbocycles. The van der Waals surface area contributed by atoms with Crippen molar-refractivity contribution in [3.05, 3.63) is 58.1 Å². The Morgan fingerprint density at radius 1 is 1.15 bits per heavy atom. The molecule has 8 nitrogen and oxygen atoms in total. The van der Waals surface area contributed by atoms with Crippen molar-refractivity contribution in [3.63, 3.8) is 0 Å². The summed E-state index contributed by atoms with van der Waals surface area (Å²) in [6.07, 6.45) is 0. The summed E-state index contributed by atoms with van der Waals surface area (Å²) < 4.78 is 31.8. The summed E-state index contributed by atoms with van der Waals surface area (Å²) in [6.45, 7) is 4.25. The number of non-ortho nitro benzene ring substituents is 1. The molecule has 0 heterocycles. The van der Waals surface area contributed by atoms with Gasteiger partial charge in [-0.2, -0.15) is 9.57 Å². The largest absolute Gasteiger partial charge is 0.456 e. The predicted octanol–water partition coefficient (Wildman–Crippen LogP) is 3.29. The van der Waals surface area contributed by atoms with E-state index in [0.29, 0.717) is 18.8 Å². The summed E-state index contributed by atoms with van der Waals surface area (Å²) in [5, 5.41) is 19.9. The average Bonchev–Trinajstić information content (AvgIpc) is 2.63. The van der Waals surface area contributed by atoms with E-state index in [-0.39, 0.29) is 21.9 Å². The van der Waals surface area contributed by atoms with E-state index in [1.54, 1.807) is 13.8 Å². The van der Waals surface area contributed by atoms with Crippen LogP contribution >= 0.6 is 0 Å². The maximum Gasteiger partial charge on any atom is 0.271 e. The molecule has 0 radical (unpaired) electrons. The van der Waals surface area contributed by atoms with Gasteiger partial charge in [-0.3, -0.25) is 10.1 Å². The lowest BCUT2D eigenvalue weighted by molar-refractivity contribution is -0.384. The quantitative estimate of drug-likeness (QED) is 0.542. The number of nitriles is 1. The molecule has 0 N–H and O–H groups in total. The Morgan fingerprint density at radius 2 is 1.77 bits per heavy atom. The Kier molecular flexibility index (Phi) is 5.92. The first-order valence-corrected chi connectivity index (χ1v) is 9.24. The van der Waals surface area contributed by atoms with E-state index in [4.69, 9.17) is 10.00 Å². The Morgan fingerprint density at radius 3 is 2.27 bits per heavy atom. The lowest BCUT2D eigenvalue weighted by Crippen LogP contribution is -2.30. The van der Waals surface area contributed by atoms with Crippen LogP contribution in [0.1, 0.15) is 19.4 Å². The number of hydrogen-bond acceptors (Lipinski definition) is 6. The summed E-state index contributed by atoms with van der Waals surface area (Å²) in [5.41, 5.74) is -0.200. The van der Waals surface area contributed by atoms with Crippen LogP contribution in [-0.4, -0.2) is 30.7 Å². The van der Waals surface area contributed by atoms with Crippen molar-refractivity contribution < 1.29 is 18.1 Å². The Hall–Kier alpha value is -2.96. The van der Waals surface area contributed by atoms with E-state index in [1.807, 2.05) is 6.07 Å². The van der Waals surface area contributed by atoms with Crippen LogP contribution in [0.4, 0.5) is 5.69 Å². The highest BCUT2D eigenvalue weighted by Gasteiger charge is 2.21. The average molecular weight is 375 g/mol. The fourth-order valence-corrected chi connectivity index (χ4v) is 3.79. The predicted molar refractivity (Wildman–Crippen MR) is 94.4 cm³/mol. The molecule has 26 heavy (non-hydrogen) atoms. The second kappa shape index (κ2) is 7.95. The summed E-state index contributed by atoms with van der Waals surface area (Å²) >= 11 is 0. The fraction of sp³-hybridized carbons (Fsp3) is 0.235. The van der Waals surface area contributed by atoms with E-state index < -0.39 is 14.9 Å². The minimum atomic E-state index is -3.57. The minimum absolute atomic E-state index is 0.0130. The van der Waals surface area contributed by atoms with Crippen LogP contribution in [0.25, 0.3) is 0 Å². The molecule has 0 saturated carbocycles. The smallest absolute Gasteiger partial charge is 0.271 e. The van der Waals surface area contributed by atoms with Gasteiger partial charge in [-0.15, -0.1) is 0 Å². The van der Waals surface area contributed by atoms with Gasteiger partial charge in [0.15, 0.2) is 0 Å². The normalized spacial score (nSPS) is 11.2. The summed E-state index contributed by atoms with van der Waals surface area (Å²) in [5.74, 6) is 0.464. The first kappa shape index (κ1) is 19.4. The van der Waals surface area contributed by atoms with Crippen LogP contribution in [0.15, 0.2) is 47.4 Å². The third-order valence-electron chi connectivity index (χ3n) is 3.69. The van der Waals surface area contributed by atoms with Gasteiger partial charge < -0.3 is 4.74 Å². The van der Waals surface area contributed by atoms with Crippen LogP contribution < -0.4 is 4.74 Å². The summed E-state index contributed by atoms with van der Waals surface area (Å²) in [6, 6.07) is 11.3. The Bertz CT molecular complexity index is 945. The van der Waals surface area contributed by atoms with Crippen LogP contribution in [-0.2, 0) is 10.0 Å². The molecule has 0 unspecified atom stereocenters. The van der Waals surface area contributed by atoms with E-state index in [0.717, 1.165) is 6.07 Å². The lowest BCUT2D eigenvalue weighted by atomic mass is 10.2. The molecule has 0 fully saturated rings. The number of nitro benzene ring substituents is 1. The number of hydrogen-bond donors (Lipinski definition) is 0. The topological polar surface area (TPSA) is 114 Å². The molecule has 0 atom stereocenters. The van der Waals surface area contributed by atoms with Crippen LogP contribution in [0.2, 0.25) is 0 Å². The molecule has 0 aliphatic rings. The summed E-state index contributed by atoms with van der Waals surface area (Å²) in [7, 11) is -3.57. The molecule has 136 valence electrons. The second-order valence-corrected chi connectivity index (χ2v) is 7.15. The minimum Gasteiger partial charge on any atom is -0.456 e. The van der Waals surface area contributed by atoms with E-state index in [2.05, 4.69) is 0 Å². The SMILES string of the molecule is CCN(CC)S(=O)(=O)c1ccc(Oc2ccc([N+](=O)[O-])cc2C#N)cc1. The molecule has 0 bridgehead atoms. The molecule has 0 amide bonds. The van der Waals surface area contributed by atoms with Crippen LogP contribution in [0.3, 0.4) is 0 Å². The monoisotopic (exact) mass is 375 g/mol. The van der Waals surface area contributed by atoms with Gasteiger partial charge in [0.2, 0.25) is 10.0 Å². The number of nitro groups is 1. The molecule has 0 saturated heterocycles. The maximum absolute atomic E-state index is 12.4. The van der Waals surface area contributed by atoms with Crippen molar-refractivity contribution >= 4 is 15.7 Å². The molecule has 0 aliphatic carbocycles. The van der Waals surface area contributed by atoms with E-state index >= 15 is 0 Å². The molecule has 2 rings (SSSR count). The number of nitrogens with zero attached hydrogens (tertiary/aromatic N) is 3. The zero-order chi connectivity index (χ0) is 19.3. The highest BCUT2D eigenvalue weighted by atomic mass is 32.2. The maximum atomic E-state index is 12.4. The first-order valence-electron chi connectivity index (χ1n) is 7.80. The zero-order valence-electron chi connectivity index (χ0n) is 14.2. The van der Waals surface area contributed by atoms with Gasteiger partial charge >= 0.3 is 0 Å². The van der Waals surface area contributed by atoms with Gasteiger partial charge in [-0.05, 0) is 30.3 Å². The summed E-state index contributed by atoms with van der Waals surface area (Å²) in [4.78, 5) is 10.3. The van der Waals surface area contributed by atoms with Crippen LogP contribution in [0, 0.1) is 21.4 Å². The van der Waals surface area contributed by atoms with Gasteiger partial charge in [0, 0.05) is 25.2 Å². The van der Waals surface area contributed by atoms with Crippen molar-refractivity contribution in [3.8, 4) is 17.6 Å². The Labute approximate surface area is 151 Å². The van der Waals surface area contributed by atoms with E-state index in [1.165, 1.54) is 40.7 Å². The molecular weight excluding hydrogens is 358 g/mol. The van der Waals surface area contributed by atoms with Crippen molar-refractivity contribution in [2.75, 3.05) is 13.1 Å². The van der Waals surface area contributed by atoms with Crippen molar-refractivity contribution in [2.45, 2.75) is 18.7 Å². The fourth-order valence-electron chi connectivity index (χ4n) is 2.33. The van der Waals surface area contributed by atoms with Gasteiger partial charge in [0.25, 0.3) is 5.69 Å². The second-order valence-electron chi connectivity index (χ2n) is 5.21. The molecule has 9 heteroatoms. The van der Waals surface area contributed by atoms with Crippen molar-refractivity contribution in [1.29, 1.82) is 5.26 Å². The molecule has 0 spiro atoms. The number of sulfonamides is 1. The molecule has 2 aromatic rings. The van der Waals surface area contributed by atoms with Crippen molar-refractivity contribution in [2.24, 2.45) is 0 Å². The number of ether oxygens (including phenoxy) is 1. The van der Waals surface area contributed by atoms with Gasteiger partial charge in [-0.1, -0.05) is 13.8 Å². The highest BCUT2D eigenvalue weighted by Crippen LogP contribution is 2.29.